The Hall–Kier alpha value is -0.480. The van der Waals surface area contributed by atoms with Crippen molar-refractivity contribution >= 4 is 72.4 Å². The van der Waals surface area contributed by atoms with E-state index in [0.717, 1.165) is 48.0 Å². The van der Waals surface area contributed by atoms with Gasteiger partial charge < -0.3 is 30.6 Å². The van der Waals surface area contributed by atoms with E-state index in [1.807, 2.05) is 0 Å². The van der Waals surface area contributed by atoms with E-state index in [1.54, 1.807) is 23.5 Å². The minimum atomic E-state index is 0.408. The molecule has 0 saturated heterocycles. The van der Waals surface area contributed by atoms with Crippen molar-refractivity contribution in [3.05, 3.63) is 19.1 Å². The number of hydrogen-bond acceptors (Lipinski definition) is 10. The Balaban J connectivity index is 1.42. The van der Waals surface area contributed by atoms with Gasteiger partial charge in [-0.15, -0.1) is 0 Å². The van der Waals surface area contributed by atoms with E-state index in [0.29, 0.717) is 19.1 Å². The molecule has 0 aliphatic heterocycles. The van der Waals surface area contributed by atoms with Gasteiger partial charge in [-0.1, -0.05) is 36.4 Å². The summed E-state index contributed by atoms with van der Waals surface area (Å²) in [5.74, 6) is 1.55. The van der Waals surface area contributed by atoms with E-state index < -0.39 is 0 Å². The third kappa shape index (κ3) is 10.3. The molecule has 0 fully saturated rings. The molecule has 6 N–H and O–H groups in total. The quantitative estimate of drug-likeness (QED) is 0.105. The molecule has 8 nitrogen and oxygen atoms in total. The van der Waals surface area contributed by atoms with Gasteiger partial charge in [0.1, 0.15) is 0 Å². The summed E-state index contributed by atoms with van der Waals surface area (Å²) in [6.45, 7) is 1.96. The van der Waals surface area contributed by atoms with Gasteiger partial charge in [-0.25, -0.2) is 0 Å². The molecule has 2 heterocycles. The first kappa shape index (κ1) is 23.8. The van der Waals surface area contributed by atoms with E-state index in [1.165, 1.54) is 12.8 Å². The van der Waals surface area contributed by atoms with Crippen molar-refractivity contribution in [2.75, 3.05) is 24.8 Å². The summed E-state index contributed by atoms with van der Waals surface area (Å²) in [7, 11) is 0. The zero-order chi connectivity index (χ0) is 20.2. The topological polar surface area (TPSA) is 113 Å². The zero-order valence-corrected chi connectivity index (χ0v) is 19.9. The van der Waals surface area contributed by atoms with Crippen molar-refractivity contribution in [2.24, 2.45) is 0 Å². The summed E-state index contributed by atoms with van der Waals surface area (Å²) in [6, 6.07) is 0. The molecule has 2 rings (SSSR count). The number of H-pyrrole nitrogens is 4. The maximum absolute atomic E-state index is 5.04. The van der Waals surface area contributed by atoms with Crippen LogP contribution in [0.15, 0.2) is 10.3 Å². The third-order valence-corrected chi connectivity index (χ3v) is 5.79. The summed E-state index contributed by atoms with van der Waals surface area (Å²) in [6.07, 6.45) is 4.70. The second-order valence-electron chi connectivity index (χ2n) is 5.59. The van der Waals surface area contributed by atoms with Gasteiger partial charge in [0.15, 0.2) is 19.9 Å². The molecule has 0 saturated carbocycles. The van der Waals surface area contributed by atoms with E-state index in [9.17, 15) is 0 Å². The molecule has 0 aromatic carbocycles. The molecule has 0 atom stereocenters. The molecule has 2 aromatic rings. The van der Waals surface area contributed by atoms with Gasteiger partial charge in [0, 0.05) is 11.8 Å². The average molecular weight is 495 g/mol. The molecular weight excluding hydrogens is 473 g/mol. The molecule has 14 heteroatoms. The van der Waals surface area contributed by atoms with Crippen molar-refractivity contribution in [1.82, 2.24) is 40.5 Å². The highest BCUT2D eigenvalue weighted by atomic mass is 32.2. The predicted molar refractivity (Wildman–Crippen MR) is 125 cm³/mol. The standard InChI is InChI=1S/C14H22N8S6/c23-9-17-10(24)20-13(19-9)27-7-15-5-3-1-2-4-6-16-8-28-14-21-11(25)18-12(26)22-14/h15-16H,1-8H2,(H2,17,19,20,23,24)(H2,18,21,22,25,26). The summed E-state index contributed by atoms with van der Waals surface area (Å²) < 4.78 is 1.82. The van der Waals surface area contributed by atoms with Crippen molar-refractivity contribution in [3.8, 4) is 0 Å². The fourth-order valence-corrected chi connectivity index (χ4v) is 4.69. The third-order valence-electron chi connectivity index (χ3n) is 3.37. The minimum Gasteiger partial charge on any atom is -0.311 e. The van der Waals surface area contributed by atoms with Crippen LogP contribution in [0.4, 0.5) is 0 Å². The number of aromatic nitrogens is 6. The number of nitrogens with one attached hydrogen (secondary N) is 6. The second kappa shape index (κ2) is 13.7. The first-order valence-corrected chi connectivity index (χ1v) is 12.2. The predicted octanol–water partition coefficient (Wildman–Crippen LogP) is 4.25. The lowest BCUT2D eigenvalue weighted by Gasteiger charge is -2.06. The summed E-state index contributed by atoms with van der Waals surface area (Å²) in [4.78, 5) is 19.9. The molecule has 0 radical (unpaired) electrons. The number of thioether (sulfide) groups is 2. The van der Waals surface area contributed by atoms with Crippen LogP contribution in [-0.4, -0.2) is 54.7 Å². The molecule has 0 bridgehead atoms. The maximum atomic E-state index is 5.04. The van der Waals surface area contributed by atoms with Crippen LogP contribution in [-0.2, 0) is 0 Å². The number of nitrogens with zero attached hydrogens (tertiary/aromatic N) is 2. The molecule has 28 heavy (non-hydrogen) atoms. The van der Waals surface area contributed by atoms with Crippen LogP contribution in [0.2, 0.25) is 0 Å². The summed E-state index contributed by atoms with van der Waals surface area (Å²) >= 11 is 23.2. The molecule has 0 aliphatic rings. The van der Waals surface area contributed by atoms with Crippen LogP contribution in [0.25, 0.3) is 0 Å². The lowest BCUT2D eigenvalue weighted by Crippen LogP contribution is -2.16. The van der Waals surface area contributed by atoms with E-state index in [-0.39, 0.29) is 0 Å². The van der Waals surface area contributed by atoms with Gasteiger partial charge in [0.2, 0.25) is 9.54 Å². The molecule has 0 amide bonds. The number of rotatable bonds is 13. The van der Waals surface area contributed by atoms with Gasteiger partial charge in [-0.3, -0.25) is 0 Å². The highest BCUT2D eigenvalue weighted by Crippen LogP contribution is 2.10. The van der Waals surface area contributed by atoms with Crippen LogP contribution in [0.5, 0.6) is 0 Å². The van der Waals surface area contributed by atoms with Crippen LogP contribution >= 0.6 is 72.4 Å². The molecule has 154 valence electrons. The Labute approximate surface area is 192 Å². The first-order chi connectivity index (χ1) is 13.5. The summed E-state index contributed by atoms with van der Waals surface area (Å²) in [5, 5.41) is 8.25. The fraction of sp³-hybridized carbons (Fsp3) is 0.571. The monoisotopic (exact) mass is 494 g/mol. The van der Waals surface area contributed by atoms with Crippen LogP contribution in [0.1, 0.15) is 25.7 Å². The van der Waals surface area contributed by atoms with E-state index in [4.69, 9.17) is 48.9 Å². The largest absolute Gasteiger partial charge is 0.311 e. The normalized spacial score (nSPS) is 11.0. The smallest absolute Gasteiger partial charge is 0.201 e. The molecule has 0 unspecified atom stereocenters. The lowest BCUT2D eigenvalue weighted by molar-refractivity contribution is 0.594. The second-order valence-corrected chi connectivity index (χ2v) is 9.11. The first-order valence-electron chi connectivity index (χ1n) is 8.61. The van der Waals surface area contributed by atoms with Gasteiger partial charge in [-0.2, -0.15) is 9.97 Å². The fourth-order valence-electron chi connectivity index (χ4n) is 2.12. The number of aromatic amines is 4. The zero-order valence-electron chi connectivity index (χ0n) is 15.0. The van der Waals surface area contributed by atoms with Gasteiger partial charge in [0.25, 0.3) is 0 Å². The number of unbranched alkanes of at least 4 members (excludes halogenated alkanes) is 3. The SMILES string of the molecule is S=c1nc(SCNCCCCCCNCSc2nc(=S)[nH]c(=S)[nH]2)[nH]c(=S)[nH]1. The molecule has 2 aromatic heterocycles. The number of hydrogen-bond donors (Lipinski definition) is 6. The maximum Gasteiger partial charge on any atom is 0.201 e. The van der Waals surface area contributed by atoms with Crippen molar-refractivity contribution in [1.29, 1.82) is 0 Å². The Kier molecular flexibility index (Phi) is 11.6. The molecule has 0 aliphatic carbocycles. The van der Waals surface area contributed by atoms with Crippen LogP contribution < -0.4 is 10.6 Å². The van der Waals surface area contributed by atoms with Gasteiger partial charge >= 0.3 is 0 Å². The highest BCUT2D eigenvalue weighted by molar-refractivity contribution is 7.99. The van der Waals surface area contributed by atoms with Crippen LogP contribution in [0, 0.1) is 19.1 Å². The highest BCUT2D eigenvalue weighted by Gasteiger charge is 1.98. The Bertz CT molecular complexity index is 814. The van der Waals surface area contributed by atoms with Crippen molar-refractivity contribution in [3.63, 3.8) is 0 Å². The average Bonchev–Trinajstić information content (AvgIpc) is 2.61. The van der Waals surface area contributed by atoms with Crippen LogP contribution in [0.3, 0.4) is 0 Å². The van der Waals surface area contributed by atoms with Gasteiger partial charge in [0.05, 0.1) is 0 Å². The minimum absolute atomic E-state index is 0.408. The van der Waals surface area contributed by atoms with Gasteiger partial charge in [-0.05, 0) is 74.8 Å². The van der Waals surface area contributed by atoms with Crippen molar-refractivity contribution in [2.45, 2.75) is 36.0 Å². The van der Waals surface area contributed by atoms with Crippen molar-refractivity contribution < 1.29 is 0 Å². The Morgan fingerprint density at radius 3 is 1.46 bits per heavy atom. The molecule has 0 spiro atoms. The molecular formula is C14H22N8S6. The van der Waals surface area contributed by atoms with E-state index >= 15 is 0 Å². The Morgan fingerprint density at radius 1 is 0.643 bits per heavy atom. The summed E-state index contributed by atoms with van der Waals surface area (Å²) in [5.41, 5.74) is 0. The lowest BCUT2D eigenvalue weighted by atomic mass is 10.2. The Morgan fingerprint density at radius 2 is 1.07 bits per heavy atom. The van der Waals surface area contributed by atoms with E-state index in [2.05, 4.69) is 40.5 Å².